The fraction of sp³-hybridized carbons (Fsp3) is 0.312. The molecule has 0 aliphatic carbocycles. The maximum atomic E-state index is 11.9. The maximum Gasteiger partial charge on any atom is 0.224 e. The van der Waals surface area contributed by atoms with Crippen LogP contribution in [-0.4, -0.2) is 12.5 Å². The van der Waals surface area contributed by atoms with Crippen LogP contribution in [0, 0.1) is 6.92 Å². The minimum atomic E-state index is 0.0419. The Morgan fingerprint density at radius 3 is 2.55 bits per heavy atom. The van der Waals surface area contributed by atoms with E-state index in [4.69, 9.17) is 4.74 Å². The van der Waals surface area contributed by atoms with Crippen molar-refractivity contribution in [1.82, 2.24) is 5.32 Å². The molecular formula is C16H19NO2S. The molecular weight excluding hydrogens is 270 g/mol. The predicted molar refractivity (Wildman–Crippen MR) is 82.2 cm³/mol. The first-order valence-corrected chi connectivity index (χ1v) is 7.53. The number of rotatable bonds is 6. The van der Waals surface area contributed by atoms with Gasteiger partial charge in [0.25, 0.3) is 0 Å². The largest absolute Gasteiger partial charge is 0.494 e. The summed E-state index contributed by atoms with van der Waals surface area (Å²) in [5.41, 5.74) is 0.994. The Bertz CT molecular complexity index is 560. The number of aryl methyl sites for hydroxylation is 1. The van der Waals surface area contributed by atoms with Crippen molar-refractivity contribution >= 4 is 17.2 Å². The monoisotopic (exact) mass is 289 g/mol. The van der Waals surface area contributed by atoms with Crippen molar-refractivity contribution in [2.75, 3.05) is 6.61 Å². The molecule has 20 heavy (non-hydrogen) atoms. The van der Waals surface area contributed by atoms with Crippen LogP contribution in [-0.2, 0) is 17.8 Å². The van der Waals surface area contributed by atoms with Gasteiger partial charge in [-0.3, -0.25) is 4.79 Å². The van der Waals surface area contributed by atoms with Crippen LogP contribution in [0.5, 0.6) is 5.75 Å². The van der Waals surface area contributed by atoms with Crippen molar-refractivity contribution in [2.24, 2.45) is 0 Å². The van der Waals surface area contributed by atoms with Gasteiger partial charge in [0, 0.05) is 9.75 Å². The van der Waals surface area contributed by atoms with Gasteiger partial charge in [-0.25, -0.2) is 0 Å². The molecule has 1 N–H and O–H groups in total. The predicted octanol–water partition coefficient (Wildman–Crippen LogP) is 3.31. The second-order valence-electron chi connectivity index (χ2n) is 4.54. The standard InChI is InChI=1S/C16H19NO2S/c1-3-19-14-7-5-13(6-8-14)10-16(18)17-11-15-9-4-12(2)20-15/h4-9H,3,10-11H2,1-2H3,(H,17,18). The molecule has 1 heterocycles. The summed E-state index contributed by atoms with van der Waals surface area (Å²) in [6, 6.07) is 11.8. The first kappa shape index (κ1) is 14.6. The number of amides is 1. The van der Waals surface area contributed by atoms with Crippen LogP contribution in [0.2, 0.25) is 0 Å². The molecule has 106 valence electrons. The normalized spacial score (nSPS) is 10.3. The minimum Gasteiger partial charge on any atom is -0.494 e. The van der Waals surface area contributed by atoms with Gasteiger partial charge >= 0.3 is 0 Å². The Morgan fingerprint density at radius 2 is 1.95 bits per heavy atom. The van der Waals surface area contributed by atoms with E-state index in [0.717, 1.165) is 11.3 Å². The highest BCUT2D eigenvalue weighted by Crippen LogP contribution is 2.15. The lowest BCUT2D eigenvalue weighted by atomic mass is 10.1. The Kier molecular flexibility index (Phi) is 5.18. The van der Waals surface area contributed by atoms with E-state index in [1.54, 1.807) is 11.3 Å². The van der Waals surface area contributed by atoms with E-state index in [-0.39, 0.29) is 5.91 Å². The number of hydrogen-bond acceptors (Lipinski definition) is 3. The van der Waals surface area contributed by atoms with Crippen LogP contribution in [0.1, 0.15) is 22.2 Å². The van der Waals surface area contributed by atoms with Gasteiger partial charge in [-0.1, -0.05) is 12.1 Å². The van der Waals surface area contributed by atoms with Crippen molar-refractivity contribution in [3.05, 3.63) is 51.7 Å². The quantitative estimate of drug-likeness (QED) is 0.886. The summed E-state index contributed by atoms with van der Waals surface area (Å²) in [5.74, 6) is 0.880. The summed E-state index contributed by atoms with van der Waals surface area (Å²) in [5, 5.41) is 2.94. The fourth-order valence-corrected chi connectivity index (χ4v) is 2.71. The Labute approximate surface area is 123 Å². The lowest BCUT2D eigenvalue weighted by Gasteiger charge is -2.06. The van der Waals surface area contributed by atoms with Crippen LogP contribution < -0.4 is 10.1 Å². The smallest absolute Gasteiger partial charge is 0.224 e. The molecule has 3 nitrogen and oxygen atoms in total. The molecule has 0 aliphatic rings. The zero-order valence-corrected chi connectivity index (χ0v) is 12.6. The van der Waals surface area contributed by atoms with Gasteiger partial charge in [-0.15, -0.1) is 11.3 Å². The molecule has 0 radical (unpaired) electrons. The van der Waals surface area contributed by atoms with Gasteiger partial charge in [-0.2, -0.15) is 0 Å². The minimum absolute atomic E-state index is 0.0419. The molecule has 2 rings (SSSR count). The topological polar surface area (TPSA) is 38.3 Å². The first-order chi connectivity index (χ1) is 9.67. The number of thiophene rings is 1. The number of ether oxygens (including phenoxy) is 1. The van der Waals surface area contributed by atoms with E-state index in [0.29, 0.717) is 19.6 Å². The highest BCUT2D eigenvalue weighted by atomic mass is 32.1. The molecule has 1 aromatic carbocycles. The molecule has 0 fully saturated rings. The summed E-state index contributed by atoms with van der Waals surface area (Å²) in [6.45, 7) is 5.28. The van der Waals surface area contributed by atoms with E-state index in [2.05, 4.69) is 24.4 Å². The second kappa shape index (κ2) is 7.10. The maximum absolute atomic E-state index is 11.9. The number of carbonyl (C=O) groups is 1. The summed E-state index contributed by atoms with van der Waals surface area (Å²) >= 11 is 1.71. The molecule has 0 saturated carbocycles. The zero-order valence-electron chi connectivity index (χ0n) is 11.8. The number of hydrogen-bond donors (Lipinski definition) is 1. The lowest BCUT2D eigenvalue weighted by molar-refractivity contribution is -0.120. The molecule has 1 amide bonds. The average Bonchev–Trinajstić information content (AvgIpc) is 2.85. The number of benzene rings is 1. The summed E-state index contributed by atoms with van der Waals surface area (Å²) in [7, 11) is 0. The van der Waals surface area contributed by atoms with Gasteiger partial charge < -0.3 is 10.1 Å². The zero-order chi connectivity index (χ0) is 14.4. The van der Waals surface area contributed by atoms with E-state index in [1.807, 2.05) is 31.2 Å². The molecule has 0 aliphatic heterocycles. The van der Waals surface area contributed by atoms with Crippen LogP contribution in [0.3, 0.4) is 0 Å². The molecule has 4 heteroatoms. The third-order valence-corrected chi connectivity index (χ3v) is 3.86. The van der Waals surface area contributed by atoms with Crippen molar-refractivity contribution in [3.8, 4) is 5.75 Å². The molecule has 0 spiro atoms. The number of nitrogens with one attached hydrogen (secondary N) is 1. The molecule has 0 unspecified atom stereocenters. The van der Waals surface area contributed by atoms with Crippen LogP contribution >= 0.6 is 11.3 Å². The average molecular weight is 289 g/mol. The highest BCUT2D eigenvalue weighted by molar-refractivity contribution is 7.11. The molecule has 1 aromatic heterocycles. The van der Waals surface area contributed by atoms with E-state index >= 15 is 0 Å². The van der Waals surface area contributed by atoms with Crippen LogP contribution in [0.15, 0.2) is 36.4 Å². The van der Waals surface area contributed by atoms with Gasteiger partial charge in [0.2, 0.25) is 5.91 Å². The van der Waals surface area contributed by atoms with Crippen molar-refractivity contribution < 1.29 is 9.53 Å². The third kappa shape index (κ3) is 4.38. The van der Waals surface area contributed by atoms with Crippen molar-refractivity contribution in [2.45, 2.75) is 26.8 Å². The fourth-order valence-electron chi connectivity index (χ4n) is 1.88. The van der Waals surface area contributed by atoms with E-state index in [9.17, 15) is 4.79 Å². The van der Waals surface area contributed by atoms with Gasteiger partial charge in [0.05, 0.1) is 19.6 Å². The second-order valence-corrected chi connectivity index (χ2v) is 5.92. The first-order valence-electron chi connectivity index (χ1n) is 6.71. The van der Waals surface area contributed by atoms with E-state index in [1.165, 1.54) is 9.75 Å². The van der Waals surface area contributed by atoms with Crippen molar-refractivity contribution in [1.29, 1.82) is 0 Å². The van der Waals surface area contributed by atoms with Gasteiger partial charge in [0.15, 0.2) is 0 Å². The molecule has 0 atom stereocenters. The summed E-state index contributed by atoms with van der Waals surface area (Å²) in [6.07, 6.45) is 0.400. The van der Waals surface area contributed by atoms with Gasteiger partial charge in [-0.05, 0) is 43.7 Å². The van der Waals surface area contributed by atoms with Crippen LogP contribution in [0.25, 0.3) is 0 Å². The molecule has 0 saturated heterocycles. The SMILES string of the molecule is CCOc1ccc(CC(=O)NCc2ccc(C)s2)cc1. The molecule has 0 bridgehead atoms. The highest BCUT2D eigenvalue weighted by Gasteiger charge is 2.04. The Hall–Kier alpha value is -1.81. The Balaban J connectivity index is 1.81. The van der Waals surface area contributed by atoms with E-state index < -0.39 is 0 Å². The lowest BCUT2D eigenvalue weighted by Crippen LogP contribution is -2.24. The van der Waals surface area contributed by atoms with Crippen molar-refractivity contribution in [3.63, 3.8) is 0 Å². The third-order valence-electron chi connectivity index (χ3n) is 2.85. The number of carbonyl (C=O) groups excluding carboxylic acids is 1. The summed E-state index contributed by atoms with van der Waals surface area (Å²) in [4.78, 5) is 14.3. The Morgan fingerprint density at radius 1 is 1.20 bits per heavy atom. The molecule has 2 aromatic rings. The van der Waals surface area contributed by atoms with Gasteiger partial charge in [0.1, 0.15) is 5.75 Å². The summed E-state index contributed by atoms with van der Waals surface area (Å²) < 4.78 is 5.37. The van der Waals surface area contributed by atoms with Crippen LogP contribution in [0.4, 0.5) is 0 Å².